The maximum atomic E-state index is 12.3. The second kappa shape index (κ2) is 7.79. The van der Waals surface area contributed by atoms with Crippen molar-refractivity contribution in [3.8, 4) is 0 Å². The Morgan fingerprint density at radius 3 is 2.54 bits per heavy atom. The van der Waals surface area contributed by atoms with Gasteiger partial charge in [-0.25, -0.2) is 9.78 Å². The maximum absolute atomic E-state index is 12.3. The van der Waals surface area contributed by atoms with Crippen LogP contribution < -0.4 is 16.0 Å². The van der Waals surface area contributed by atoms with Gasteiger partial charge in [-0.2, -0.15) is 0 Å². The van der Waals surface area contributed by atoms with E-state index in [0.717, 1.165) is 16.8 Å². The number of para-hydroxylation sites is 1. The molecule has 0 atom stereocenters. The Balaban J connectivity index is 1.61. The summed E-state index contributed by atoms with van der Waals surface area (Å²) in [7, 11) is 0. The van der Waals surface area contributed by atoms with Gasteiger partial charge in [0.15, 0.2) is 5.13 Å². The van der Waals surface area contributed by atoms with Gasteiger partial charge in [0.1, 0.15) is 5.69 Å². The molecule has 0 radical (unpaired) electrons. The summed E-state index contributed by atoms with van der Waals surface area (Å²) < 4.78 is 0. The number of hydrogen-bond donors (Lipinski definition) is 3. The Hall–Kier alpha value is -3.19. The normalized spacial score (nSPS) is 10.2. The molecule has 2 aromatic carbocycles. The summed E-state index contributed by atoms with van der Waals surface area (Å²) >= 11 is 1.19. The van der Waals surface area contributed by atoms with Gasteiger partial charge < -0.3 is 10.6 Å². The molecule has 0 aliphatic carbocycles. The highest BCUT2D eigenvalue weighted by Crippen LogP contribution is 2.19. The molecule has 1 heterocycles. The van der Waals surface area contributed by atoms with Crippen molar-refractivity contribution in [2.24, 2.45) is 0 Å². The lowest BCUT2D eigenvalue weighted by Gasteiger charge is -2.06. The van der Waals surface area contributed by atoms with Crippen molar-refractivity contribution in [1.29, 1.82) is 0 Å². The number of carbonyl (C=O) groups is 2. The van der Waals surface area contributed by atoms with E-state index in [0.29, 0.717) is 10.8 Å². The zero-order chi connectivity index (χ0) is 18.5. The van der Waals surface area contributed by atoms with Crippen molar-refractivity contribution < 1.29 is 9.59 Å². The summed E-state index contributed by atoms with van der Waals surface area (Å²) in [5, 5.41) is 10.1. The standard InChI is InChI=1S/C19H18N4O2S/c1-12-6-5-8-14(10-12)20-18(25)23-19-22-16(11-26-19)17(24)21-15-9-4-3-7-13(15)2/h3-11H,1-2H3,(H,21,24)(H2,20,22,23,25). The average Bonchev–Trinajstić information content (AvgIpc) is 3.05. The Labute approximate surface area is 155 Å². The average molecular weight is 366 g/mol. The first-order valence-corrected chi connectivity index (χ1v) is 8.86. The largest absolute Gasteiger partial charge is 0.325 e. The van der Waals surface area contributed by atoms with E-state index in [4.69, 9.17) is 0 Å². The minimum Gasteiger partial charge on any atom is -0.320 e. The first kappa shape index (κ1) is 17.6. The van der Waals surface area contributed by atoms with Gasteiger partial charge in [0.05, 0.1) is 0 Å². The summed E-state index contributed by atoms with van der Waals surface area (Å²) in [6, 6.07) is 14.6. The summed E-state index contributed by atoms with van der Waals surface area (Å²) in [5.41, 5.74) is 3.69. The van der Waals surface area contributed by atoms with E-state index >= 15 is 0 Å². The smallest absolute Gasteiger partial charge is 0.320 e. The molecular formula is C19H18N4O2S. The second-order valence-corrected chi connectivity index (χ2v) is 6.61. The molecule has 3 rings (SSSR count). The van der Waals surface area contributed by atoms with Gasteiger partial charge in [-0.1, -0.05) is 30.3 Å². The van der Waals surface area contributed by atoms with E-state index < -0.39 is 6.03 Å². The first-order chi connectivity index (χ1) is 12.5. The molecule has 6 nitrogen and oxygen atoms in total. The number of amides is 3. The molecule has 3 N–H and O–H groups in total. The Morgan fingerprint density at radius 2 is 1.77 bits per heavy atom. The van der Waals surface area contributed by atoms with Gasteiger partial charge in [0, 0.05) is 16.8 Å². The van der Waals surface area contributed by atoms with Crippen molar-refractivity contribution in [3.05, 3.63) is 70.7 Å². The van der Waals surface area contributed by atoms with Crippen molar-refractivity contribution in [1.82, 2.24) is 4.98 Å². The lowest BCUT2D eigenvalue weighted by atomic mass is 10.2. The third-order valence-corrected chi connectivity index (χ3v) is 4.38. The highest BCUT2D eigenvalue weighted by molar-refractivity contribution is 7.14. The number of nitrogens with one attached hydrogen (secondary N) is 3. The van der Waals surface area contributed by atoms with E-state index in [1.54, 1.807) is 11.4 Å². The molecule has 0 aliphatic heterocycles. The van der Waals surface area contributed by atoms with Crippen molar-refractivity contribution in [3.63, 3.8) is 0 Å². The van der Waals surface area contributed by atoms with Crippen LogP contribution in [-0.2, 0) is 0 Å². The van der Waals surface area contributed by atoms with Crippen LogP contribution in [-0.4, -0.2) is 16.9 Å². The van der Waals surface area contributed by atoms with E-state index in [1.807, 2.05) is 56.3 Å². The van der Waals surface area contributed by atoms with Crippen LogP contribution in [0.4, 0.5) is 21.3 Å². The van der Waals surface area contributed by atoms with Gasteiger partial charge in [-0.3, -0.25) is 10.1 Å². The van der Waals surface area contributed by atoms with Gasteiger partial charge in [0.2, 0.25) is 0 Å². The predicted octanol–water partition coefficient (Wildman–Crippen LogP) is 4.66. The lowest BCUT2D eigenvalue weighted by Crippen LogP contribution is -2.19. The molecule has 0 bridgehead atoms. The highest BCUT2D eigenvalue weighted by atomic mass is 32.1. The van der Waals surface area contributed by atoms with Crippen LogP contribution in [0.2, 0.25) is 0 Å². The topological polar surface area (TPSA) is 83.1 Å². The van der Waals surface area contributed by atoms with E-state index in [2.05, 4.69) is 20.9 Å². The molecule has 0 spiro atoms. The van der Waals surface area contributed by atoms with Gasteiger partial charge in [-0.15, -0.1) is 11.3 Å². The predicted molar refractivity (Wildman–Crippen MR) is 105 cm³/mol. The molecule has 0 saturated heterocycles. The number of aromatic nitrogens is 1. The van der Waals surface area contributed by atoms with Crippen LogP contribution >= 0.6 is 11.3 Å². The van der Waals surface area contributed by atoms with Gasteiger partial charge >= 0.3 is 6.03 Å². The Morgan fingerprint density at radius 1 is 0.962 bits per heavy atom. The van der Waals surface area contributed by atoms with Crippen LogP contribution in [0, 0.1) is 13.8 Å². The van der Waals surface area contributed by atoms with Crippen molar-refractivity contribution >= 4 is 39.8 Å². The molecule has 0 fully saturated rings. The monoisotopic (exact) mass is 366 g/mol. The zero-order valence-electron chi connectivity index (χ0n) is 14.4. The maximum Gasteiger partial charge on any atom is 0.325 e. The molecule has 7 heteroatoms. The number of benzene rings is 2. The molecule has 26 heavy (non-hydrogen) atoms. The summed E-state index contributed by atoms with van der Waals surface area (Å²) in [6.45, 7) is 3.86. The third kappa shape index (κ3) is 4.46. The molecule has 1 aromatic heterocycles. The fraction of sp³-hybridized carbons (Fsp3) is 0.105. The third-order valence-electron chi connectivity index (χ3n) is 3.63. The zero-order valence-corrected chi connectivity index (χ0v) is 15.2. The minimum absolute atomic E-state index is 0.254. The van der Waals surface area contributed by atoms with Crippen molar-refractivity contribution in [2.75, 3.05) is 16.0 Å². The molecule has 0 aliphatic rings. The Bertz CT molecular complexity index is 952. The molecular weight excluding hydrogens is 348 g/mol. The number of nitrogens with zero attached hydrogens (tertiary/aromatic N) is 1. The number of anilines is 3. The molecule has 0 unspecified atom stereocenters. The van der Waals surface area contributed by atoms with Crippen molar-refractivity contribution in [2.45, 2.75) is 13.8 Å². The fourth-order valence-electron chi connectivity index (χ4n) is 2.32. The van der Waals surface area contributed by atoms with Crippen LogP contribution in [0.15, 0.2) is 53.9 Å². The number of thiazole rings is 1. The quantitative estimate of drug-likeness (QED) is 0.628. The second-order valence-electron chi connectivity index (χ2n) is 5.76. The van der Waals surface area contributed by atoms with Gasteiger partial charge in [0.25, 0.3) is 5.91 Å². The molecule has 0 saturated carbocycles. The molecule has 3 aromatic rings. The number of rotatable bonds is 4. The number of carbonyl (C=O) groups excluding carboxylic acids is 2. The van der Waals surface area contributed by atoms with Crippen LogP contribution in [0.5, 0.6) is 0 Å². The first-order valence-electron chi connectivity index (χ1n) is 7.98. The molecule has 132 valence electrons. The van der Waals surface area contributed by atoms with E-state index in [1.165, 1.54) is 11.3 Å². The summed E-state index contributed by atoms with van der Waals surface area (Å²) in [5.74, 6) is -0.317. The lowest BCUT2D eigenvalue weighted by molar-refractivity contribution is 0.102. The van der Waals surface area contributed by atoms with Gasteiger partial charge in [-0.05, 0) is 43.2 Å². The summed E-state index contributed by atoms with van der Waals surface area (Å²) in [4.78, 5) is 28.5. The van der Waals surface area contributed by atoms with E-state index in [9.17, 15) is 9.59 Å². The van der Waals surface area contributed by atoms with Crippen LogP contribution in [0.25, 0.3) is 0 Å². The number of urea groups is 1. The molecule has 3 amide bonds. The van der Waals surface area contributed by atoms with Crippen LogP contribution in [0.1, 0.15) is 21.6 Å². The number of hydrogen-bond acceptors (Lipinski definition) is 4. The number of aryl methyl sites for hydroxylation is 2. The Kier molecular flexibility index (Phi) is 5.28. The fourth-order valence-corrected chi connectivity index (χ4v) is 3.00. The SMILES string of the molecule is Cc1cccc(NC(=O)Nc2nc(C(=O)Nc3ccccc3C)cs2)c1. The van der Waals surface area contributed by atoms with E-state index in [-0.39, 0.29) is 11.6 Å². The summed E-state index contributed by atoms with van der Waals surface area (Å²) in [6.07, 6.45) is 0. The highest BCUT2D eigenvalue weighted by Gasteiger charge is 2.13. The van der Waals surface area contributed by atoms with Crippen LogP contribution in [0.3, 0.4) is 0 Å². The minimum atomic E-state index is -0.407.